The monoisotopic (exact) mass is 713 g/mol. The summed E-state index contributed by atoms with van der Waals surface area (Å²) in [6.07, 6.45) is 1.93. The van der Waals surface area contributed by atoms with Crippen LogP contribution >= 0.6 is 0 Å². The summed E-state index contributed by atoms with van der Waals surface area (Å²) in [5.74, 6) is 0. The lowest BCUT2D eigenvalue weighted by Gasteiger charge is -2.13. The first kappa shape index (κ1) is 32.0. The molecule has 0 amide bonds. The molecule has 56 heavy (non-hydrogen) atoms. The standard InChI is InChI=1S/C53H35N3/c1-2-35-24-27-52-44(30-35)46-32-40(26-29-53(46)56(52)49-23-13-19-36-14-9-10-20-42(36)49)39-25-28-51-45(31-39)43-21-11-12-22-50(43)55(51)41-33-47(37-15-5-3-6-16-37)54-48(34-41)38-17-7-4-8-18-38/h2-34H,1H2. The second-order valence-corrected chi connectivity index (χ2v) is 14.5. The summed E-state index contributed by atoms with van der Waals surface area (Å²) in [6, 6.07) is 69.9. The van der Waals surface area contributed by atoms with E-state index >= 15 is 0 Å². The Labute approximate surface area is 324 Å². The van der Waals surface area contributed by atoms with Crippen molar-refractivity contribution < 1.29 is 0 Å². The molecule has 0 saturated heterocycles. The van der Waals surface area contributed by atoms with Gasteiger partial charge in [0.25, 0.3) is 0 Å². The fourth-order valence-corrected chi connectivity index (χ4v) is 8.60. The zero-order valence-electron chi connectivity index (χ0n) is 30.6. The molecule has 0 bridgehead atoms. The largest absolute Gasteiger partial charge is 0.309 e. The first-order valence-electron chi connectivity index (χ1n) is 19.1. The van der Waals surface area contributed by atoms with Crippen LogP contribution in [0.3, 0.4) is 0 Å². The van der Waals surface area contributed by atoms with Gasteiger partial charge in [-0.1, -0.05) is 146 Å². The second-order valence-electron chi connectivity index (χ2n) is 14.5. The zero-order chi connectivity index (χ0) is 37.2. The van der Waals surface area contributed by atoms with Crippen LogP contribution in [0.2, 0.25) is 0 Å². The summed E-state index contributed by atoms with van der Waals surface area (Å²) in [5, 5.41) is 7.32. The van der Waals surface area contributed by atoms with E-state index in [9.17, 15) is 0 Å². The van der Waals surface area contributed by atoms with Gasteiger partial charge in [0.1, 0.15) is 0 Å². The highest BCUT2D eigenvalue weighted by molar-refractivity contribution is 6.14. The molecule has 3 nitrogen and oxygen atoms in total. The third-order valence-corrected chi connectivity index (χ3v) is 11.2. The summed E-state index contributed by atoms with van der Waals surface area (Å²) >= 11 is 0. The Morgan fingerprint density at radius 1 is 0.375 bits per heavy atom. The summed E-state index contributed by atoms with van der Waals surface area (Å²) in [7, 11) is 0. The van der Waals surface area contributed by atoms with Crippen molar-refractivity contribution in [2.45, 2.75) is 0 Å². The average Bonchev–Trinajstić information content (AvgIpc) is 3.78. The lowest BCUT2D eigenvalue weighted by atomic mass is 10.00. The van der Waals surface area contributed by atoms with Crippen LogP contribution in [0, 0.1) is 0 Å². The fraction of sp³-hybridized carbons (Fsp3) is 0. The first-order valence-corrected chi connectivity index (χ1v) is 19.1. The Balaban J connectivity index is 1.11. The third-order valence-electron chi connectivity index (χ3n) is 11.2. The van der Waals surface area contributed by atoms with E-state index in [2.05, 4.69) is 210 Å². The maximum atomic E-state index is 5.17. The molecular weight excluding hydrogens is 679 g/mol. The topological polar surface area (TPSA) is 22.8 Å². The average molecular weight is 714 g/mol. The highest BCUT2D eigenvalue weighted by atomic mass is 15.0. The molecule has 0 N–H and O–H groups in total. The quantitative estimate of drug-likeness (QED) is 0.168. The van der Waals surface area contributed by atoms with Crippen molar-refractivity contribution >= 4 is 60.5 Å². The van der Waals surface area contributed by atoms with E-state index < -0.39 is 0 Å². The lowest BCUT2D eigenvalue weighted by molar-refractivity contribution is 1.16. The number of aromatic nitrogens is 3. The van der Waals surface area contributed by atoms with Gasteiger partial charge in [0.15, 0.2) is 0 Å². The highest BCUT2D eigenvalue weighted by Gasteiger charge is 2.18. The fourth-order valence-electron chi connectivity index (χ4n) is 8.60. The van der Waals surface area contributed by atoms with Gasteiger partial charge < -0.3 is 9.13 Å². The van der Waals surface area contributed by atoms with Gasteiger partial charge in [-0.2, -0.15) is 0 Å². The molecule has 0 unspecified atom stereocenters. The van der Waals surface area contributed by atoms with Crippen molar-refractivity contribution in [1.29, 1.82) is 0 Å². The van der Waals surface area contributed by atoms with Gasteiger partial charge in [-0.05, 0) is 82.7 Å². The molecule has 11 aromatic rings. The van der Waals surface area contributed by atoms with Crippen LogP contribution in [-0.4, -0.2) is 14.1 Å². The number of fused-ring (bicyclic) bond motifs is 7. The van der Waals surface area contributed by atoms with E-state index in [1.54, 1.807) is 0 Å². The van der Waals surface area contributed by atoms with E-state index in [4.69, 9.17) is 4.98 Å². The summed E-state index contributed by atoms with van der Waals surface area (Å²) in [5.41, 5.74) is 14.5. The third kappa shape index (κ3) is 5.09. The van der Waals surface area contributed by atoms with Gasteiger partial charge in [-0.15, -0.1) is 0 Å². The maximum Gasteiger partial charge on any atom is 0.0730 e. The summed E-state index contributed by atoms with van der Waals surface area (Å²) in [6.45, 7) is 4.09. The number of hydrogen-bond donors (Lipinski definition) is 0. The zero-order valence-corrected chi connectivity index (χ0v) is 30.6. The number of para-hydroxylation sites is 1. The van der Waals surface area contributed by atoms with Gasteiger partial charge in [0, 0.05) is 38.1 Å². The molecular formula is C53H35N3. The molecule has 0 atom stereocenters. The van der Waals surface area contributed by atoms with E-state index in [1.165, 1.54) is 60.2 Å². The van der Waals surface area contributed by atoms with Crippen LogP contribution in [-0.2, 0) is 0 Å². The van der Waals surface area contributed by atoms with Crippen LogP contribution in [0.4, 0.5) is 0 Å². The maximum absolute atomic E-state index is 5.17. The summed E-state index contributed by atoms with van der Waals surface area (Å²) < 4.78 is 4.81. The molecule has 3 aromatic heterocycles. The highest BCUT2D eigenvalue weighted by Crippen LogP contribution is 2.40. The van der Waals surface area contributed by atoms with Crippen molar-refractivity contribution in [2.24, 2.45) is 0 Å². The van der Waals surface area contributed by atoms with E-state index in [-0.39, 0.29) is 0 Å². The molecule has 0 fully saturated rings. The van der Waals surface area contributed by atoms with Crippen molar-refractivity contribution in [3.05, 3.63) is 206 Å². The normalized spacial score (nSPS) is 11.6. The van der Waals surface area contributed by atoms with E-state index in [0.717, 1.165) is 44.8 Å². The molecule has 0 saturated carbocycles. The molecule has 0 aliphatic carbocycles. The van der Waals surface area contributed by atoms with Gasteiger partial charge in [-0.3, -0.25) is 0 Å². The second kappa shape index (κ2) is 12.8. The molecule has 8 aromatic carbocycles. The van der Waals surface area contributed by atoms with Gasteiger partial charge in [0.2, 0.25) is 0 Å². The molecule has 3 heterocycles. The van der Waals surface area contributed by atoms with Crippen LogP contribution in [0.1, 0.15) is 5.56 Å². The molecule has 11 rings (SSSR count). The van der Waals surface area contributed by atoms with Crippen molar-refractivity contribution in [3.63, 3.8) is 0 Å². The van der Waals surface area contributed by atoms with Gasteiger partial charge >= 0.3 is 0 Å². The predicted octanol–water partition coefficient (Wildman–Crippen LogP) is 14.1. The number of nitrogens with zero attached hydrogens (tertiary/aromatic N) is 3. The van der Waals surface area contributed by atoms with Crippen LogP contribution in [0.15, 0.2) is 201 Å². The Kier molecular flexibility index (Phi) is 7.33. The SMILES string of the molecule is C=Cc1ccc2c(c1)c1cc(-c3ccc4c(c3)c3ccccc3n4-c3cc(-c4ccccc4)nc(-c4ccccc4)c3)ccc1n2-c1cccc2ccccc12. The van der Waals surface area contributed by atoms with Crippen LogP contribution in [0.25, 0.3) is 105 Å². The van der Waals surface area contributed by atoms with E-state index in [0.29, 0.717) is 0 Å². The van der Waals surface area contributed by atoms with Crippen LogP contribution < -0.4 is 0 Å². The molecule has 0 spiro atoms. The number of benzene rings is 8. The summed E-state index contributed by atoms with van der Waals surface area (Å²) in [4.78, 5) is 5.17. The van der Waals surface area contributed by atoms with Crippen molar-refractivity contribution in [2.75, 3.05) is 0 Å². The first-order chi connectivity index (χ1) is 27.7. The minimum absolute atomic E-state index is 0.945. The minimum atomic E-state index is 0.945. The Bertz CT molecular complexity index is 3250. The van der Waals surface area contributed by atoms with Crippen LogP contribution in [0.5, 0.6) is 0 Å². The molecule has 0 radical (unpaired) electrons. The van der Waals surface area contributed by atoms with Crippen molar-refractivity contribution in [1.82, 2.24) is 14.1 Å². The smallest absolute Gasteiger partial charge is 0.0730 e. The van der Waals surface area contributed by atoms with Crippen molar-refractivity contribution in [3.8, 4) is 45.0 Å². The molecule has 0 aliphatic rings. The van der Waals surface area contributed by atoms with Gasteiger partial charge in [0.05, 0.1) is 44.8 Å². The minimum Gasteiger partial charge on any atom is -0.309 e. The Morgan fingerprint density at radius 2 is 0.893 bits per heavy atom. The Hall–Kier alpha value is -7.49. The Morgan fingerprint density at radius 3 is 1.57 bits per heavy atom. The molecule has 0 aliphatic heterocycles. The molecule has 3 heteroatoms. The van der Waals surface area contributed by atoms with Gasteiger partial charge in [-0.25, -0.2) is 4.98 Å². The number of pyridine rings is 1. The van der Waals surface area contributed by atoms with E-state index in [1.807, 2.05) is 6.08 Å². The number of rotatable bonds is 6. The predicted molar refractivity (Wildman–Crippen MR) is 237 cm³/mol. The number of hydrogen-bond acceptors (Lipinski definition) is 1. The molecule has 262 valence electrons. The lowest BCUT2D eigenvalue weighted by Crippen LogP contribution is -1.98.